The van der Waals surface area contributed by atoms with Crippen LogP contribution in [0.25, 0.3) is 10.8 Å². The lowest BCUT2D eigenvalue weighted by molar-refractivity contribution is -0.139. The minimum absolute atomic E-state index is 0.277. The number of carbonyl (C=O) groups is 1. The van der Waals surface area contributed by atoms with Crippen LogP contribution >= 0.6 is 0 Å². The Kier molecular flexibility index (Phi) is 9.47. The zero-order valence-corrected chi connectivity index (χ0v) is 16.5. The Bertz CT molecular complexity index is 720. The lowest BCUT2D eigenvalue weighted by Crippen LogP contribution is -2.05. The number of unbranched alkanes of at least 4 members (excludes halogenated alkanes) is 7. The second-order valence-corrected chi connectivity index (χ2v) is 7.10. The van der Waals surface area contributed by atoms with E-state index in [1.807, 2.05) is 0 Å². The largest absolute Gasteiger partial charge is 0.494 e. The molecule has 2 aromatic carbocycles. The second kappa shape index (κ2) is 12.2. The molecule has 0 heterocycles. The lowest BCUT2D eigenvalue weighted by atomic mass is 10.1. The van der Waals surface area contributed by atoms with Crippen LogP contribution in [-0.4, -0.2) is 19.2 Å². The molecule has 0 saturated heterocycles. The van der Waals surface area contributed by atoms with Gasteiger partial charge < -0.3 is 9.47 Å². The molecular weight excluding hydrogens is 336 g/mol. The zero-order chi connectivity index (χ0) is 19.3. The van der Waals surface area contributed by atoms with E-state index in [9.17, 15) is 4.79 Å². The van der Waals surface area contributed by atoms with Gasteiger partial charge in [0.15, 0.2) is 0 Å². The van der Waals surface area contributed by atoms with Crippen molar-refractivity contribution in [2.75, 3.05) is 13.2 Å². The van der Waals surface area contributed by atoms with E-state index in [0.29, 0.717) is 12.2 Å². The minimum atomic E-state index is -0.277. The number of esters is 1. The van der Waals surface area contributed by atoms with Gasteiger partial charge in [-0.1, -0.05) is 75.4 Å². The SMILES string of the molecule is C=C(C)C(=O)OCCCCCCCCCCOc1ccc2ccccc2c1. The van der Waals surface area contributed by atoms with Gasteiger partial charge in [-0.15, -0.1) is 0 Å². The summed E-state index contributed by atoms with van der Waals surface area (Å²) in [6.45, 7) is 6.54. The van der Waals surface area contributed by atoms with Gasteiger partial charge in [-0.3, -0.25) is 0 Å². The summed E-state index contributed by atoms with van der Waals surface area (Å²) in [5.74, 6) is 0.682. The lowest BCUT2D eigenvalue weighted by Gasteiger charge is -2.07. The Hall–Kier alpha value is -2.29. The summed E-state index contributed by atoms with van der Waals surface area (Å²) < 4.78 is 11.0. The molecule has 0 fully saturated rings. The van der Waals surface area contributed by atoms with Gasteiger partial charge in [0, 0.05) is 5.57 Å². The Labute approximate surface area is 163 Å². The highest BCUT2D eigenvalue weighted by Gasteiger charge is 2.02. The first-order valence-corrected chi connectivity index (χ1v) is 10.1. The average molecular weight is 369 g/mol. The molecule has 0 bridgehead atoms. The molecule has 0 radical (unpaired) electrons. The molecule has 27 heavy (non-hydrogen) atoms. The predicted octanol–water partition coefficient (Wildman–Crippen LogP) is 6.46. The summed E-state index contributed by atoms with van der Waals surface area (Å²) in [4.78, 5) is 11.2. The maximum Gasteiger partial charge on any atom is 0.333 e. The highest BCUT2D eigenvalue weighted by molar-refractivity contribution is 5.86. The topological polar surface area (TPSA) is 35.5 Å². The molecule has 0 amide bonds. The van der Waals surface area contributed by atoms with Gasteiger partial charge in [-0.25, -0.2) is 4.79 Å². The van der Waals surface area contributed by atoms with E-state index in [2.05, 4.69) is 49.0 Å². The van der Waals surface area contributed by atoms with Gasteiger partial charge in [0.2, 0.25) is 0 Å². The maximum atomic E-state index is 11.2. The van der Waals surface area contributed by atoms with Crippen molar-refractivity contribution in [3.8, 4) is 5.75 Å². The average Bonchev–Trinajstić information content (AvgIpc) is 2.68. The summed E-state index contributed by atoms with van der Waals surface area (Å²) in [5.41, 5.74) is 0.472. The molecule has 146 valence electrons. The van der Waals surface area contributed by atoms with Gasteiger partial charge in [-0.2, -0.15) is 0 Å². The van der Waals surface area contributed by atoms with Gasteiger partial charge in [-0.05, 0) is 42.7 Å². The number of carbonyl (C=O) groups excluding carboxylic acids is 1. The number of hydrogen-bond acceptors (Lipinski definition) is 3. The molecule has 0 aliphatic heterocycles. The van der Waals surface area contributed by atoms with Crippen LogP contribution in [0.4, 0.5) is 0 Å². The molecule has 0 atom stereocenters. The Morgan fingerprint density at radius 1 is 0.815 bits per heavy atom. The van der Waals surface area contributed by atoms with Crippen LogP contribution in [0.15, 0.2) is 54.6 Å². The molecule has 2 rings (SSSR count). The van der Waals surface area contributed by atoms with Gasteiger partial charge >= 0.3 is 5.97 Å². The van der Waals surface area contributed by atoms with Crippen molar-refractivity contribution in [1.82, 2.24) is 0 Å². The van der Waals surface area contributed by atoms with Crippen LogP contribution < -0.4 is 4.74 Å². The van der Waals surface area contributed by atoms with E-state index in [1.165, 1.54) is 42.9 Å². The smallest absolute Gasteiger partial charge is 0.333 e. The van der Waals surface area contributed by atoms with Crippen molar-refractivity contribution in [2.45, 2.75) is 58.3 Å². The molecule has 0 aliphatic rings. The first-order valence-electron chi connectivity index (χ1n) is 10.1. The van der Waals surface area contributed by atoms with Crippen molar-refractivity contribution in [3.63, 3.8) is 0 Å². The molecule has 0 spiro atoms. The molecule has 0 aliphatic carbocycles. The Morgan fingerprint density at radius 2 is 1.41 bits per heavy atom. The van der Waals surface area contributed by atoms with E-state index < -0.39 is 0 Å². The first-order chi connectivity index (χ1) is 13.2. The third kappa shape index (κ3) is 8.29. The summed E-state index contributed by atoms with van der Waals surface area (Å²) in [7, 11) is 0. The van der Waals surface area contributed by atoms with Crippen LogP contribution in [0.5, 0.6) is 5.75 Å². The summed E-state index contributed by atoms with van der Waals surface area (Å²) in [6.07, 6.45) is 9.35. The normalized spacial score (nSPS) is 10.7. The molecule has 2 aromatic rings. The predicted molar refractivity (Wildman–Crippen MR) is 112 cm³/mol. The van der Waals surface area contributed by atoms with E-state index in [0.717, 1.165) is 31.6 Å². The summed E-state index contributed by atoms with van der Waals surface area (Å²) >= 11 is 0. The first kappa shape index (κ1) is 21.0. The Balaban J connectivity index is 1.42. The van der Waals surface area contributed by atoms with E-state index in [4.69, 9.17) is 9.47 Å². The van der Waals surface area contributed by atoms with Crippen LogP contribution in [0.1, 0.15) is 58.3 Å². The zero-order valence-electron chi connectivity index (χ0n) is 16.5. The van der Waals surface area contributed by atoms with Crippen molar-refractivity contribution in [2.24, 2.45) is 0 Å². The number of ether oxygens (including phenoxy) is 2. The fourth-order valence-corrected chi connectivity index (χ4v) is 3.00. The molecule has 0 aromatic heterocycles. The number of fused-ring (bicyclic) bond motifs is 1. The van der Waals surface area contributed by atoms with Crippen LogP contribution in [0.3, 0.4) is 0 Å². The molecule has 0 saturated carbocycles. The summed E-state index contributed by atoms with van der Waals surface area (Å²) in [6, 6.07) is 14.6. The molecular formula is C24H32O3. The molecule has 3 nitrogen and oxygen atoms in total. The Morgan fingerprint density at radius 3 is 2.07 bits per heavy atom. The second-order valence-electron chi connectivity index (χ2n) is 7.10. The van der Waals surface area contributed by atoms with Crippen LogP contribution in [-0.2, 0) is 9.53 Å². The van der Waals surface area contributed by atoms with E-state index in [-0.39, 0.29) is 5.97 Å². The van der Waals surface area contributed by atoms with Gasteiger partial charge in [0.05, 0.1) is 13.2 Å². The van der Waals surface area contributed by atoms with Crippen molar-refractivity contribution in [1.29, 1.82) is 0 Å². The number of benzene rings is 2. The van der Waals surface area contributed by atoms with Crippen molar-refractivity contribution in [3.05, 3.63) is 54.6 Å². The van der Waals surface area contributed by atoms with E-state index in [1.54, 1.807) is 6.92 Å². The third-order valence-electron chi connectivity index (χ3n) is 4.61. The molecule has 0 N–H and O–H groups in total. The fourth-order valence-electron chi connectivity index (χ4n) is 3.00. The highest BCUT2D eigenvalue weighted by atomic mass is 16.5. The van der Waals surface area contributed by atoms with E-state index >= 15 is 0 Å². The quantitative estimate of drug-likeness (QED) is 0.231. The number of rotatable bonds is 13. The molecule has 0 unspecified atom stereocenters. The maximum absolute atomic E-state index is 11.2. The standard InChI is InChI=1S/C24H32O3/c1-20(2)24(25)27-18-12-8-6-4-3-5-7-11-17-26-23-16-15-21-13-9-10-14-22(21)19-23/h9-10,13-16,19H,1,3-8,11-12,17-18H2,2H3. The highest BCUT2D eigenvalue weighted by Crippen LogP contribution is 2.20. The van der Waals surface area contributed by atoms with Crippen LogP contribution in [0.2, 0.25) is 0 Å². The number of hydrogen-bond donors (Lipinski definition) is 0. The molecule has 3 heteroatoms. The monoisotopic (exact) mass is 368 g/mol. The van der Waals surface area contributed by atoms with Gasteiger partial charge in [0.1, 0.15) is 5.75 Å². The van der Waals surface area contributed by atoms with Crippen molar-refractivity contribution >= 4 is 16.7 Å². The van der Waals surface area contributed by atoms with Gasteiger partial charge in [0.25, 0.3) is 0 Å². The third-order valence-corrected chi connectivity index (χ3v) is 4.61. The van der Waals surface area contributed by atoms with Crippen molar-refractivity contribution < 1.29 is 14.3 Å². The minimum Gasteiger partial charge on any atom is -0.494 e. The summed E-state index contributed by atoms with van der Waals surface area (Å²) in [5, 5.41) is 2.48. The van der Waals surface area contributed by atoms with Crippen LogP contribution in [0, 0.1) is 0 Å². The fraction of sp³-hybridized carbons (Fsp3) is 0.458.